The van der Waals surface area contributed by atoms with E-state index in [2.05, 4.69) is 16.0 Å². The molecule has 4 amide bonds. The average molecular weight is 581 g/mol. The third-order valence-electron chi connectivity index (χ3n) is 7.62. The zero-order valence-electron chi connectivity index (χ0n) is 23.5. The molecule has 0 spiro atoms. The van der Waals surface area contributed by atoms with Crippen molar-refractivity contribution in [2.75, 3.05) is 32.9 Å². The van der Waals surface area contributed by atoms with Gasteiger partial charge in [-0.05, 0) is 56.0 Å². The van der Waals surface area contributed by atoms with Crippen LogP contribution < -0.4 is 30.2 Å². The highest BCUT2D eigenvalue weighted by molar-refractivity contribution is 6.01. The van der Waals surface area contributed by atoms with Crippen LogP contribution in [0.15, 0.2) is 42.5 Å². The summed E-state index contributed by atoms with van der Waals surface area (Å²) in [6, 6.07) is 9.45. The molecule has 0 unspecified atom stereocenters. The van der Waals surface area contributed by atoms with E-state index in [1.165, 1.54) is 6.92 Å². The Morgan fingerprint density at radius 3 is 2.64 bits per heavy atom. The third kappa shape index (κ3) is 6.76. The summed E-state index contributed by atoms with van der Waals surface area (Å²) in [5.74, 6) is -0.599. The molecule has 3 aliphatic rings. The van der Waals surface area contributed by atoms with Gasteiger partial charge in [-0.2, -0.15) is 0 Å². The van der Waals surface area contributed by atoms with Crippen LogP contribution in [-0.4, -0.2) is 90.8 Å². The summed E-state index contributed by atoms with van der Waals surface area (Å²) >= 11 is 0. The fourth-order valence-corrected chi connectivity index (χ4v) is 5.39. The molecule has 1 fully saturated rings. The van der Waals surface area contributed by atoms with Gasteiger partial charge in [0, 0.05) is 13.1 Å². The number of aliphatic hydroxyl groups is 1. The van der Waals surface area contributed by atoms with Crippen molar-refractivity contribution in [3.05, 3.63) is 53.6 Å². The van der Waals surface area contributed by atoms with Gasteiger partial charge < -0.3 is 40.2 Å². The number of rotatable bonds is 5. The fourth-order valence-electron chi connectivity index (χ4n) is 5.39. The molecule has 224 valence electrons. The first-order valence-corrected chi connectivity index (χ1v) is 14.3. The Bertz CT molecular complexity index is 1330. The predicted molar refractivity (Wildman–Crippen MR) is 150 cm³/mol. The van der Waals surface area contributed by atoms with Gasteiger partial charge in [-0.1, -0.05) is 18.2 Å². The molecule has 3 heterocycles. The SMILES string of the molecule is C[C@@H](O)[C@@H]1NC(=O)C[C@@H](C(=O)NCCc2ccc3c(c2)OCCO3)NC(=O)c2ccccc2OC[C@H]2CCCN2C1=O. The average Bonchev–Trinajstić information content (AvgIpc) is 3.46. The molecule has 5 rings (SSSR count). The molecule has 2 aromatic carbocycles. The standard InChI is InChI=1S/C30H36N4O8/c1-18(35)27-30(39)34-12-4-5-20(34)17-42-23-7-3-2-6-21(23)28(37)32-22(16-26(36)33-27)29(38)31-11-10-19-8-9-24-25(15-19)41-14-13-40-24/h2-3,6-9,15,18,20,22,27,35H,4-5,10-14,16-17H2,1H3,(H,31,38)(H,32,37)(H,33,36)/t18-,20-,22+,27+/m1/s1. The lowest BCUT2D eigenvalue weighted by atomic mass is 10.1. The van der Waals surface area contributed by atoms with Crippen LogP contribution in [0.2, 0.25) is 0 Å². The molecular weight excluding hydrogens is 544 g/mol. The van der Waals surface area contributed by atoms with Gasteiger partial charge in [0.2, 0.25) is 17.7 Å². The van der Waals surface area contributed by atoms with Crippen molar-refractivity contribution in [1.82, 2.24) is 20.9 Å². The Morgan fingerprint density at radius 2 is 1.83 bits per heavy atom. The van der Waals surface area contributed by atoms with Gasteiger partial charge in [-0.25, -0.2) is 0 Å². The van der Waals surface area contributed by atoms with E-state index < -0.39 is 48.2 Å². The molecule has 3 aliphatic heterocycles. The summed E-state index contributed by atoms with van der Waals surface area (Å²) in [6.45, 7) is 3.21. The van der Waals surface area contributed by atoms with Crippen LogP contribution in [0, 0.1) is 0 Å². The van der Waals surface area contributed by atoms with Gasteiger partial charge in [-0.15, -0.1) is 0 Å². The first-order valence-electron chi connectivity index (χ1n) is 14.3. The van der Waals surface area contributed by atoms with Gasteiger partial charge in [-0.3, -0.25) is 19.2 Å². The minimum Gasteiger partial charge on any atom is -0.491 e. The summed E-state index contributed by atoms with van der Waals surface area (Å²) in [7, 11) is 0. The Balaban J connectivity index is 1.33. The molecule has 0 radical (unpaired) electrons. The second kappa shape index (κ2) is 13.1. The zero-order chi connectivity index (χ0) is 29.6. The molecule has 0 aliphatic carbocycles. The normalized spacial score (nSPS) is 23.3. The lowest BCUT2D eigenvalue weighted by molar-refractivity contribution is -0.140. The summed E-state index contributed by atoms with van der Waals surface area (Å²) in [5.41, 5.74) is 1.12. The highest BCUT2D eigenvalue weighted by atomic mass is 16.6. The molecule has 42 heavy (non-hydrogen) atoms. The fraction of sp³-hybridized carbons (Fsp3) is 0.467. The smallest absolute Gasteiger partial charge is 0.255 e. The Morgan fingerprint density at radius 1 is 1.05 bits per heavy atom. The van der Waals surface area contributed by atoms with Gasteiger partial charge in [0.1, 0.15) is 37.7 Å². The number of carbonyl (C=O) groups excluding carboxylic acids is 4. The summed E-state index contributed by atoms with van der Waals surface area (Å²) in [5, 5.41) is 18.4. The van der Waals surface area contributed by atoms with Crippen LogP contribution in [0.5, 0.6) is 17.2 Å². The molecule has 1 saturated heterocycles. The second-order valence-electron chi connectivity index (χ2n) is 10.7. The molecule has 0 saturated carbocycles. The van der Waals surface area contributed by atoms with Crippen LogP contribution in [0.3, 0.4) is 0 Å². The second-order valence-corrected chi connectivity index (χ2v) is 10.7. The number of nitrogens with one attached hydrogen (secondary N) is 3. The summed E-state index contributed by atoms with van der Waals surface area (Å²) in [6.07, 6.45) is 0.294. The summed E-state index contributed by atoms with van der Waals surface area (Å²) in [4.78, 5) is 54.8. The number of benzene rings is 2. The highest BCUT2D eigenvalue weighted by Crippen LogP contribution is 2.31. The van der Waals surface area contributed by atoms with Crippen LogP contribution in [-0.2, 0) is 20.8 Å². The molecule has 4 atom stereocenters. The molecule has 2 aromatic rings. The first-order chi connectivity index (χ1) is 20.3. The number of ether oxygens (including phenoxy) is 3. The van der Waals surface area contributed by atoms with Gasteiger partial charge in [0.05, 0.1) is 24.1 Å². The number of nitrogens with zero attached hydrogens (tertiary/aromatic N) is 1. The van der Waals surface area contributed by atoms with E-state index in [9.17, 15) is 24.3 Å². The number of hydrogen-bond donors (Lipinski definition) is 4. The van der Waals surface area contributed by atoms with Crippen molar-refractivity contribution in [3.8, 4) is 17.2 Å². The quantitative estimate of drug-likeness (QED) is 0.400. The van der Waals surface area contributed by atoms with Crippen LogP contribution in [0.4, 0.5) is 0 Å². The lowest BCUT2D eigenvalue weighted by Gasteiger charge is -2.31. The van der Waals surface area contributed by atoms with Crippen LogP contribution in [0.25, 0.3) is 0 Å². The van der Waals surface area contributed by atoms with Crippen molar-refractivity contribution >= 4 is 23.6 Å². The van der Waals surface area contributed by atoms with Crippen LogP contribution in [0.1, 0.15) is 42.1 Å². The van der Waals surface area contributed by atoms with Crippen molar-refractivity contribution in [3.63, 3.8) is 0 Å². The zero-order valence-corrected chi connectivity index (χ0v) is 23.5. The molecule has 4 N–H and O–H groups in total. The van der Waals surface area contributed by atoms with E-state index in [-0.39, 0.29) is 24.8 Å². The van der Waals surface area contributed by atoms with E-state index in [1.54, 1.807) is 29.2 Å². The van der Waals surface area contributed by atoms with Crippen LogP contribution >= 0.6 is 0 Å². The highest BCUT2D eigenvalue weighted by Gasteiger charge is 2.37. The van der Waals surface area contributed by atoms with E-state index in [4.69, 9.17) is 14.2 Å². The van der Waals surface area contributed by atoms with E-state index >= 15 is 0 Å². The number of hydrogen-bond acceptors (Lipinski definition) is 8. The number of carbonyl (C=O) groups is 4. The number of aliphatic hydroxyl groups excluding tert-OH is 1. The summed E-state index contributed by atoms with van der Waals surface area (Å²) < 4.78 is 17.2. The van der Waals surface area contributed by atoms with E-state index in [0.717, 1.165) is 12.0 Å². The molecule has 12 heteroatoms. The third-order valence-corrected chi connectivity index (χ3v) is 7.62. The number of para-hydroxylation sites is 1. The molecule has 12 nitrogen and oxygen atoms in total. The maximum atomic E-state index is 13.4. The number of amides is 4. The number of fused-ring (bicyclic) bond motifs is 3. The Hall–Kier alpha value is -4.32. The minimum atomic E-state index is -1.25. The predicted octanol–water partition coefficient (Wildman–Crippen LogP) is 0.554. The Kier molecular flexibility index (Phi) is 9.11. The lowest BCUT2D eigenvalue weighted by Crippen LogP contribution is -2.57. The minimum absolute atomic E-state index is 0.139. The van der Waals surface area contributed by atoms with Crippen molar-refractivity contribution < 1.29 is 38.5 Å². The monoisotopic (exact) mass is 580 g/mol. The van der Waals surface area contributed by atoms with Crippen molar-refractivity contribution in [2.24, 2.45) is 0 Å². The van der Waals surface area contributed by atoms with Gasteiger partial charge in [0.25, 0.3) is 5.91 Å². The topological polar surface area (TPSA) is 156 Å². The maximum Gasteiger partial charge on any atom is 0.255 e. The largest absolute Gasteiger partial charge is 0.491 e. The molecule has 0 bridgehead atoms. The van der Waals surface area contributed by atoms with Crippen molar-refractivity contribution in [2.45, 2.75) is 56.8 Å². The maximum absolute atomic E-state index is 13.4. The molecular formula is C30H36N4O8. The van der Waals surface area contributed by atoms with E-state index in [0.29, 0.717) is 49.8 Å². The first kappa shape index (κ1) is 29.2. The van der Waals surface area contributed by atoms with Gasteiger partial charge in [0.15, 0.2) is 11.5 Å². The van der Waals surface area contributed by atoms with Crippen molar-refractivity contribution in [1.29, 1.82) is 0 Å². The molecule has 0 aromatic heterocycles. The van der Waals surface area contributed by atoms with Gasteiger partial charge >= 0.3 is 0 Å². The Labute approximate surface area is 243 Å². The van der Waals surface area contributed by atoms with E-state index in [1.807, 2.05) is 18.2 Å².